The Labute approximate surface area is 120 Å². The Morgan fingerprint density at radius 3 is 2.68 bits per heavy atom. The van der Waals surface area contributed by atoms with Crippen molar-refractivity contribution in [2.45, 2.75) is 19.5 Å². The molecule has 1 N–H and O–H groups in total. The largest absolute Gasteiger partial charge is 0.313 e. The van der Waals surface area contributed by atoms with Crippen molar-refractivity contribution in [3.8, 4) is 0 Å². The quantitative estimate of drug-likeness (QED) is 0.743. The molecule has 2 rings (SSSR count). The second-order valence-electron chi connectivity index (χ2n) is 4.89. The number of hydrogen-bond donors (Lipinski definition) is 1. The van der Waals surface area contributed by atoms with Gasteiger partial charge in [-0.15, -0.1) is 0 Å². The van der Waals surface area contributed by atoms with Crippen molar-refractivity contribution in [2.75, 3.05) is 20.1 Å². The molecule has 1 heterocycles. The third-order valence-corrected chi connectivity index (χ3v) is 3.83. The van der Waals surface area contributed by atoms with E-state index in [0.717, 1.165) is 26.2 Å². The van der Waals surface area contributed by atoms with Gasteiger partial charge in [-0.2, -0.15) is 11.3 Å². The van der Waals surface area contributed by atoms with Crippen molar-refractivity contribution in [1.29, 1.82) is 0 Å². The third-order valence-electron chi connectivity index (χ3n) is 3.10. The van der Waals surface area contributed by atoms with E-state index in [0.29, 0.717) is 0 Å². The van der Waals surface area contributed by atoms with E-state index in [1.54, 1.807) is 11.3 Å². The van der Waals surface area contributed by atoms with Crippen LogP contribution in [0.25, 0.3) is 0 Å². The Morgan fingerprint density at radius 1 is 1.11 bits per heavy atom. The summed E-state index contributed by atoms with van der Waals surface area (Å²) in [5.41, 5.74) is 2.78. The van der Waals surface area contributed by atoms with Crippen LogP contribution in [0.4, 0.5) is 0 Å². The van der Waals surface area contributed by atoms with Gasteiger partial charge >= 0.3 is 0 Å². The molecule has 0 atom stereocenters. The Morgan fingerprint density at radius 2 is 1.95 bits per heavy atom. The van der Waals surface area contributed by atoms with Gasteiger partial charge < -0.3 is 10.2 Å². The van der Waals surface area contributed by atoms with Crippen LogP contribution in [-0.4, -0.2) is 25.0 Å². The predicted octanol–water partition coefficient (Wildman–Crippen LogP) is 3.36. The molecule has 0 saturated heterocycles. The van der Waals surface area contributed by atoms with E-state index in [4.69, 9.17) is 0 Å². The average molecular weight is 274 g/mol. The van der Waals surface area contributed by atoms with Crippen molar-refractivity contribution in [2.24, 2.45) is 0 Å². The molecule has 1 aromatic heterocycles. The molecule has 2 aromatic rings. The number of hydrogen-bond acceptors (Lipinski definition) is 3. The van der Waals surface area contributed by atoms with Crippen molar-refractivity contribution in [1.82, 2.24) is 10.2 Å². The van der Waals surface area contributed by atoms with E-state index >= 15 is 0 Å². The fourth-order valence-electron chi connectivity index (χ4n) is 2.07. The lowest BCUT2D eigenvalue weighted by Gasteiger charge is -2.16. The van der Waals surface area contributed by atoms with Gasteiger partial charge in [0.15, 0.2) is 0 Å². The Hall–Kier alpha value is -1.16. The molecular formula is C16H22N2S. The highest BCUT2D eigenvalue weighted by molar-refractivity contribution is 7.07. The number of nitrogens with one attached hydrogen (secondary N) is 1. The van der Waals surface area contributed by atoms with Crippen molar-refractivity contribution in [3.63, 3.8) is 0 Å². The summed E-state index contributed by atoms with van der Waals surface area (Å²) >= 11 is 1.76. The zero-order valence-corrected chi connectivity index (χ0v) is 12.3. The minimum Gasteiger partial charge on any atom is -0.313 e. The zero-order chi connectivity index (χ0) is 13.3. The molecule has 0 spiro atoms. The number of rotatable bonds is 8. The second-order valence-corrected chi connectivity index (χ2v) is 5.67. The molecule has 2 nitrogen and oxygen atoms in total. The summed E-state index contributed by atoms with van der Waals surface area (Å²) in [7, 11) is 2.19. The summed E-state index contributed by atoms with van der Waals surface area (Å²) in [6.07, 6.45) is 1.19. The van der Waals surface area contributed by atoms with Gasteiger partial charge in [-0.3, -0.25) is 0 Å². The van der Waals surface area contributed by atoms with Crippen LogP contribution in [0.5, 0.6) is 0 Å². The van der Waals surface area contributed by atoms with Gasteiger partial charge in [0.2, 0.25) is 0 Å². The van der Waals surface area contributed by atoms with Gasteiger partial charge in [-0.25, -0.2) is 0 Å². The summed E-state index contributed by atoms with van der Waals surface area (Å²) in [5.74, 6) is 0. The van der Waals surface area contributed by atoms with Gasteiger partial charge in [-0.05, 0) is 54.5 Å². The molecule has 0 radical (unpaired) electrons. The summed E-state index contributed by atoms with van der Waals surface area (Å²) in [4.78, 5) is 2.38. The first kappa shape index (κ1) is 14.3. The van der Waals surface area contributed by atoms with Crippen molar-refractivity contribution >= 4 is 11.3 Å². The van der Waals surface area contributed by atoms with Crippen LogP contribution in [0.2, 0.25) is 0 Å². The Kier molecular flexibility index (Phi) is 6.08. The first-order chi connectivity index (χ1) is 9.34. The van der Waals surface area contributed by atoms with E-state index in [1.165, 1.54) is 17.5 Å². The minimum absolute atomic E-state index is 0.992. The highest BCUT2D eigenvalue weighted by Gasteiger charge is 1.99. The van der Waals surface area contributed by atoms with Gasteiger partial charge in [0.25, 0.3) is 0 Å². The molecule has 0 amide bonds. The van der Waals surface area contributed by atoms with Crippen LogP contribution in [0.3, 0.4) is 0 Å². The SMILES string of the molecule is CN(CCCNCc1ccsc1)Cc1ccccc1. The molecule has 0 bridgehead atoms. The van der Waals surface area contributed by atoms with Crippen molar-refractivity contribution < 1.29 is 0 Å². The van der Waals surface area contributed by atoms with E-state index in [2.05, 4.69) is 64.4 Å². The van der Waals surface area contributed by atoms with E-state index in [9.17, 15) is 0 Å². The summed E-state index contributed by atoms with van der Waals surface area (Å²) in [6, 6.07) is 12.8. The third kappa shape index (κ3) is 5.55. The molecule has 0 unspecified atom stereocenters. The standard InChI is InChI=1S/C16H22N2S/c1-18(13-15-6-3-2-4-7-15)10-5-9-17-12-16-8-11-19-14-16/h2-4,6-8,11,14,17H,5,9-10,12-13H2,1H3. The predicted molar refractivity (Wildman–Crippen MR) is 83.4 cm³/mol. The summed E-state index contributed by atoms with van der Waals surface area (Å²) < 4.78 is 0. The van der Waals surface area contributed by atoms with Crippen LogP contribution in [0, 0.1) is 0 Å². The van der Waals surface area contributed by atoms with E-state index in [-0.39, 0.29) is 0 Å². The molecule has 0 fully saturated rings. The zero-order valence-electron chi connectivity index (χ0n) is 11.5. The lowest BCUT2D eigenvalue weighted by Crippen LogP contribution is -2.23. The fourth-order valence-corrected chi connectivity index (χ4v) is 2.74. The van der Waals surface area contributed by atoms with Gasteiger partial charge in [0.1, 0.15) is 0 Å². The Bertz CT molecular complexity index is 439. The molecule has 102 valence electrons. The molecule has 19 heavy (non-hydrogen) atoms. The molecule has 0 aliphatic carbocycles. The van der Waals surface area contributed by atoms with Gasteiger partial charge in [0.05, 0.1) is 0 Å². The topological polar surface area (TPSA) is 15.3 Å². The molecule has 1 aromatic carbocycles. The smallest absolute Gasteiger partial charge is 0.0230 e. The lowest BCUT2D eigenvalue weighted by atomic mass is 10.2. The molecule has 0 aliphatic heterocycles. The van der Waals surface area contributed by atoms with Crippen LogP contribution in [-0.2, 0) is 13.1 Å². The average Bonchev–Trinajstić information content (AvgIpc) is 2.92. The van der Waals surface area contributed by atoms with Crippen LogP contribution in [0.15, 0.2) is 47.2 Å². The second kappa shape index (κ2) is 8.10. The molecule has 0 saturated carbocycles. The minimum atomic E-state index is 0.992. The van der Waals surface area contributed by atoms with Crippen LogP contribution < -0.4 is 5.32 Å². The first-order valence-electron chi connectivity index (χ1n) is 6.79. The number of benzene rings is 1. The first-order valence-corrected chi connectivity index (χ1v) is 7.73. The van der Waals surface area contributed by atoms with Crippen molar-refractivity contribution in [3.05, 3.63) is 58.3 Å². The van der Waals surface area contributed by atoms with E-state index in [1.807, 2.05) is 0 Å². The maximum absolute atomic E-state index is 3.49. The molecule has 0 aliphatic rings. The highest BCUT2D eigenvalue weighted by atomic mass is 32.1. The van der Waals surface area contributed by atoms with Crippen LogP contribution in [0.1, 0.15) is 17.5 Å². The summed E-state index contributed by atoms with van der Waals surface area (Å²) in [5, 5.41) is 7.82. The monoisotopic (exact) mass is 274 g/mol. The Balaban J connectivity index is 1.55. The van der Waals surface area contributed by atoms with Gasteiger partial charge in [-0.1, -0.05) is 30.3 Å². The molecule has 3 heteroatoms. The highest BCUT2D eigenvalue weighted by Crippen LogP contribution is 2.05. The van der Waals surface area contributed by atoms with E-state index < -0.39 is 0 Å². The summed E-state index contributed by atoms with van der Waals surface area (Å²) in [6.45, 7) is 4.23. The fraction of sp³-hybridized carbons (Fsp3) is 0.375. The number of thiophene rings is 1. The van der Waals surface area contributed by atoms with Crippen LogP contribution >= 0.6 is 11.3 Å². The molecular weight excluding hydrogens is 252 g/mol. The lowest BCUT2D eigenvalue weighted by molar-refractivity contribution is 0.319. The van der Waals surface area contributed by atoms with Gasteiger partial charge in [0, 0.05) is 13.1 Å². The number of nitrogens with zero attached hydrogens (tertiary/aromatic N) is 1. The normalized spacial score (nSPS) is 11.1. The maximum atomic E-state index is 3.49. The maximum Gasteiger partial charge on any atom is 0.0230 e.